The van der Waals surface area contributed by atoms with Gasteiger partial charge in [-0.1, -0.05) is 12.1 Å². The minimum atomic E-state index is -0.886. The zero-order chi connectivity index (χ0) is 12.3. The molecule has 1 aliphatic heterocycles. The molecule has 0 saturated carbocycles. The molecule has 0 unspecified atom stereocenters. The number of rotatable bonds is 4. The van der Waals surface area contributed by atoms with Crippen LogP contribution in [-0.2, 0) is 4.84 Å². The van der Waals surface area contributed by atoms with E-state index in [2.05, 4.69) is 4.84 Å². The normalized spacial score (nSPS) is 13.9. The molecule has 1 amide bonds. The van der Waals surface area contributed by atoms with Crippen molar-refractivity contribution in [3.05, 3.63) is 39.9 Å². The number of ether oxygens (including phenoxy) is 1. The maximum atomic E-state index is 11.9. The third-order valence-corrected chi connectivity index (χ3v) is 2.34. The number of carbonyl (C=O) groups is 1. The van der Waals surface area contributed by atoms with Crippen molar-refractivity contribution in [1.82, 2.24) is 4.90 Å². The molecule has 1 heterocycles. The molecule has 7 nitrogen and oxygen atoms in total. The fourth-order valence-electron chi connectivity index (χ4n) is 1.54. The lowest BCUT2D eigenvalue weighted by Gasteiger charge is -2.28. The molecule has 1 aliphatic rings. The van der Waals surface area contributed by atoms with Crippen molar-refractivity contribution in [2.75, 3.05) is 19.9 Å². The zero-order valence-corrected chi connectivity index (χ0v) is 8.87. The zero-order valence-electron chi connectivity index (χ0n) is 8.87. The Bertz CT molecular complexity index is 448. The van der Waals surface area contributed by atoms with Gasteiger partial charge in [0.05, 0.1) is 5.56 Å². The van der Waals surface area contributed by atoms with Crippen molar-refractivity contribution in [3.63, 3.8) is 0 Å². The summed E-state index contributed by atoms with van der Waals surface area (Å²) in [5.74, 6) is 0.322. The second-order valence-corrected chi connectivity index (χ2v) is 3.40. The Hall–Kier alpha value is -2.31. The lowest BCUT2D eigenvalue weighted by Crippen LogP contribution is -2.40. The van der Waals surface area contributed by atoms with Crippen LogP contribution in [0.2, 0.25) is 0 Å². The van der Waals surface area contributed by atoms with Crippen molar-refractivity contribution in [3.8, 4) is 5.75 Å². The van der Waals surface area contributed by atoms with E-state index in [0.717, 1.165) is 0 Å². The largest absolute Gasteiger partial charge is 0.472 e. The summed E-state index contributed by atoms with van der Waals surface area (Å²) in [5, 5.41) is 9.08. The first-order chi connectivity index (χ1) is 8.18. The SMILES string of the molecule is O=C1c2ccccc2OCN1CCO[N+](=O)[O-]. The summed E-state index contributed by atoms with van der Waals surface area (Å²) < 4.78 is 5.34. The Morgan fingerprint density at radius 1 is 1.47 bits per heavy atom. The molecule has 0 atom stereocenters. The molecule has 1 aromatic carbocycles. The van der Waals surface area contributed by atoms with E-state index in [4.69, 9.17) is 4.74 Å². The summed E-state index contributed by atoms with van der Waals surface area (Å²) in [6.07, 6.45) is 0. The molecule has 1 aromatic rings. The van der Waals surface area contributed by atoms with Crippen LogP contribution < -0.4 is 4.74 Å². The second-order valence-electron chi connectivity index (χ2n) is 3.40. The van der Waals surface area contributed by atoms with E-state index in [1.54, 1.807) is 24.3 Å². The van der Waals surface area contributed by atoms with Gasteiger partial charge in [0, 0.05) is 6.54 Å². The maximum absolute atomic E-state index is 11.9. The monoisotopic (exact) mass is 238 g/mol. The number of carbonyl (C=O) groups excluding carboxylic acids is 1. The number of para-hydroxylation sites is 1. The molecule has 2 rings (SSSR count). The predicted octanol–water partition coefficient (Wildman–Crippen LogP) is 0.687. The van der Waals surface area contributed by atoms with E-state index in [-0.39, 0.29) is 25.8 Å². The molecule has 0 saturated heterocycles. The summed E-state index contributed by atoms with van der Waals surface area (Å²) in [6, 6.07) is 6.87. The highest BCUT2D eigenvalue weighted by Crippen LogP contribution is 2.23. The molecule has 0 radical (unpaired) electrons. The van der Waals surface area contributed by atoms with E-state index in [1.807, 2.05) is 0 Å². The Morgan fingerprint density at radius 2 is 2.24 bits per heavy atom. The Kier molecular flexibility index (Phi) is 3.08. The van der Waals surface area contributed by atoms with Gasteiger partial charge in [-0.25, -0.2) is 0 Å². The fraction of sp³-hybridized carbons (Fsp3) is 0.300. The molecule has 90 valence electrons. The highest BCUT2D eigenvalue weighted by molar-refractivity contribution is 5.97. The number of nitrogens with zero attached hydrogens (tertiary/aromatic N) is 2. The third-order valence-electron chi connectivity index (χ3n) is 2.34. The van der Waals surface area contributed by atoms with E-state index < -0.39 is 5.09 Å². The third kappa shape index (κ3) is 2.44. The topological polar surface area (TPSA) is 81.9 Å². The van der Waals surface area contributed by atoms with Crippen LogP contribution in [0.15, 0.2) is 24.3 Å². The Balaban J connectivity index is 2.00. The van der Waals surface area contributed by atoms with Crippen molar-refractivity contribution in [2.24, 2.45) is 0 Å². The Labute approximate surface area is 96.6 Å². The Morgan fingerprint density at radius 3 is 3.00 bits per heavy atom. The van der Waals surface area contributed by atoms with Gasteiger partial charge in [0.25, 0.3) is 11.0 Å². The van der Waals surface area contributed by atoms with Gasteiger partial charge < -0.3 is 14.5 Å². The number of amides is 1. The van der Waals surface area contributed by atoms with Crippen LogP contribution in [0, 0.1) is 10.1 Å². The molecule has 0 aliphatic carbocycles. The highest BCUT2D eigenvalue weighted by atomic mass is 16.9. The van der Waals surface area contributed by atoms with Crippen molar-refractivity contribution < 1.29 is 19.5 Å². The van der Waals surface area contributed by atoms with Crippen LogP contribution in [0.3, 0.4) is 0 Å². The van der Waals surface area contributed by atoms with Crippen LogP contribution in [-0.4, -0.2) is 35.8 Å². The van der Waals surface area contributed by atoms with E-state index in [0.29, 0.717) is 11.3 Å². The van der Waals surface area contributed by atoms with Crippen LogP contribution in [0.1, 0.15) is 10.4 Å². The molecule has 0 bridgehead atoms. The summed E-state index contributed by atoms with van der Waals surface area (Å²) in [7, 11) is 0. The van der Waals surface area contributed by atoms with Crippen LogP contribution >= 0.6 is 0 Å². The van der Waals surface area contributed by atoms with Crippen molar-refractivity contribution >= 4 is 5.91 Å². The summed E-state index contributed by atoms with van der Waals surface area (Å²) in [6.45, 7) is 0.0370. The molecule has 7 heteroatoms. The molecular formula is C10H10N2O5. The molecule has 0 spiro atoms. The lowest BCUT2D eigenvalue weighted by atomic mass is 10.1. The first kappa shape index (κ1) is 11.2. The molecule has 0 aromatic heterocycles. The van der Waals surface area contributed by atoms with Gasteiger partial charge in [-0.2, -0.15) is 0 Å². The first-order valence-electron chi connectivity index (χ1n) is 4.97. The molecule has 0 N–H and O–H groups in total. The van der Waals surface area contributed by atoms with Crippen molar-refractivity contribution in [2.45, 2.75) is 0 Å². The number of hydrogen-bond donors (Lipinski definition) is 0. The van der Waals surface area contributed by atoms with Gasteiger partial charge in [-0.15, -0.1) is 10.1 Å². The number of fused-ring (bicyclic) bond motifs is 1. The standard InChI is InChI=1S/C10H10N2O5/c13-10-8-3-1-2-4-9(8)16-7-11(10)5-6-17-12(14)15/h1-4H,5-7H2. The first-order valence-corrected chi connectivity index (χ1v) is 4.97. The van der Waals surface area contributed by atoms with Gasteiger partial charge in [-0.05, 0) is 12.1 Å². The molecule has 0 fully saturated rings. The lowest BCUT2D eigenvalue weighted by molar-refractivity contribution is -0.757. The van der Waals surface area contributed by atoms with Crippen LogP contribution in [0.5, 0.6) is 5.75 Å². The summed E-state index contributed by atoms with van der Waals surface area (Å²) >= 11 is 0. The number of hydrogen-bond acceptors (Lipinski definition) is 5. The van der Waals surface area contributed by atoms with E-state index in [9.17, 15) is 14.9 Å². The molecular weight excluding hydrogens is 228 g/mol. The number of benzene rings is 1. The minimum absolute atomic E-state index is 0.0803. The predicted molar refractivity (Wildman–Crippen MR) is 55.9 cm³/mol. The second kappa shape index (κ2) is 4.69. The van der Waals surface area contributed by atoms with E-state index >= 15 is 0 Å². The maximum Gasteiger partial charge on any atom is 0.294 e. The molecule has 17 heavy (non-hydrogen) atoms. The average molecular weight is 238 g/mol. The summed E-state index contributed by atoms with van der Waals surface area (Å²) in [5.41, 5.74) is 0.458. The van der Waals surface area contributed by atoms with Gasteiger partial charge in [0.2, 0.25) is 0 Å². The van der Waals surface area contributed by atoms with Gasteiger partial charge in [0.15, 0.2) is 6.73 Å². The summed E-state index contributed by atoms with van der Waals surface area (Å²) in [4.78, 5) is 27.4. The van der Waals surface area contributed by atoms with Crippen LogP contribution in [0.25, 0.3) is 0 Å². The van der Waals surface area contributed by atoms with Crippen LogP contribution in [0.4, 0.5) is 0 Å². The van der Waals surface area contributed by atoms with Gasteiger partial charge in [-0.3, -0.25) is 4.79 Å². The smallest absolute Gasteiger partial charge is 0.294 e. The highest BCUT2D eigenvalue weighted by Gasteiger charge is 2.24. The minimum Gasteiger partial charge on any atom is -0.472 e. The fourth-order valence-corrected chi connectivity index (χ4v) is 1.54. The average Bonchev–Trinajstić information content (AvgIpc) is 2.32. The van der Waals surface area contributed by atoms with Crippen molar-refractivity contribution in [1.29, 1.82) is 0 Å². The van der Waals surface area contributed by atoms with Gasteiger partial charge >= 0.3 is 0 Å². The van der Waals surface area contributed by atoms with Gasteiger partial charge in [0.1, 0.15) is 12.4 Å². The van der Waals surface area contributed by atoms with E-state index in [1.165, 1.54) is 4.90 Å². The quantitative estimate of drug-likeness (QED) is 0.569.